The van der Waals surface area contributed by atoms with Gasteiger partial charge in [0.05, 0.1) is 11.9 Å². The highest BCUT2D eigenvalue weighted by Gasteiger charge is 2.27. The van der Waals surface area contributed by atoms with E-state index in [0.717, 1.165) is 0 Å². The second-order valence-corrected chi connectivity index (χ2v) is 3.92. The number of carbonyl (C=O) groups is 1. The van der Waals surface area contributed by atoms with Gasteiger partial charge in [0.1, 0.15) is 11.9 Å². The van der Waals surface area contributed by atoms with Crippen molar-refractivity contribution in [1.82, 2.24) is 10.9 Å². The molecular weight excluding hydrogens is 249 g/mol. The van der Waals surface area contributed by atoms with Gasteiger partial charge in [-0.25, -0.2) is 24.0 Å². The van der Waals surface area contributed by atoms with Crippen LogP contribution in [0.5, 0.6) is 0 Å². The molecule has 8 heteroatoms. The summed E-state index contributed by atoms with van der Waals surface area (Å²) in [4.78, 5) is 11.7. The molecule has 98 valence electrons. The van der Waals surface area contributed by atoms with Crippen molar-refractivity contribution in [2.75, 3.05) is 5.32 Å². The molecule has 1 aromatic carbocycles. The van der Waals surface area contributed by atoms with Crippen molar-refractivity contribution < 1.29 is 18.0 Å². The number of nitrogens with one attached hydrogen (secondary N) is 3. The van der Waals surface area contributed by atoms with Crippen molar-refractivity contribution in [3.8, 4) is 0 Å². The van der Waals surface area contributed by atoms with Crippen LogP contribution in [0.1, 0.15) is 6.42 Å². The standard InChI is InChI=1S/C10H11F3N4O/c11-4-1-5(12)9(13)6(2-4)15-10(18)7-3-8(14)17-16-7/h1-2,7-8,16-17H,3,14H2,(H,15,18). The number of hydrazine groups is 1. The molecule has 1 amide bonds. The van der Waals surface area contributed by atoms with Crippen molar-refractivity contribution >= 4 is 11.6 Å². The monoisotopic (exact) mass is 260 g/mol. The number of halogens is 3. The third-order valence-electron chi connectivity index (χ3n) is 2.50. The van der Waals surface area contributed by atoms with Crippen LogP contribution in [0.25, 0.3) is 0 Å². The lowest BCUT2D eigenvalue weighted by molar-refractivity contribution is -0.117. The molecule has 18 heavy (non-hydrogen) atoms. The zero-order valence-electron chi connectivity index (χ0n) is 9.14. The normalized spacial score (nSPS) is 23.1. The lowest BCUT2D eigenvalue weighted by atomic mass is 10.2. The molecule has 1 aliphatic heterocycles. The van der Waals surface area contributed by atoms with E-state index in [1.165, 1.54) is 0 Å². The van der Waals surface area contributed by atoms with Crippen molar-refractivity contribution in [3.63, 3.8) is 0 Å². The van der Waals surface area contributed by atoms with Gasteiger partial charge >= 0.3 is 0 Å². The summed E-state index contributed by atoms with van der Waals surface area (Å²) in [6.07, 6.45) is -0.125. The van der Waals surface area contributed by atoms with E-state index in [0.29, 0.717) is 12.1 Å². The predicted octanol–water partition coefficient (Wildman–Crippen LogP) is 0.194. The van der Waals surface area contributed by atoms with Gasteiger partial charge in [-0.1, -0.05) is 0 Å². The molecule has 1 aliphatic rings. The first-order valence-corrected chi connectivity index (χ1v) is 5.19. The largest absolute Gasteiger partial charge is 0.322 e. The number of hydrogen-bond acceptors (Lipinski definition) is 4. The van der Waals surface area contributed by atoms with E-state index in [1.54, 1.807) is 0 Å². The fraction of sp³-hybridized carbons (Fsp3) is 0.300. The zero-order chi connectivity index (χ0) is 13.3. The maximum Gasteiger partial charge on any atom is 0.243 e. The van der Waals surface area contributed by atoms with Crippen LogP contribution in [0.3, 0.4) is 0 Å². The Morgan fingerprint density at radius 3 is 2.67 bits per heavy atom. The van der Waals surface area contributed by atoms with E-state index in [-0.39, 0.29) is 6.42 Å². The highest BCUT2D eigenvalue weighted by Crippen LogP contribution is 2.19. The molecule has 1 fully saturated rings. The number of hydrogen-bond donors (Lipinski definition) is 4. The molecule has 0 saturated carbocycles. The SMILES string of the molecule is NC1CC(C(=O)Nc2cc(F)cc(F)c2F)NN1. The minimum atomic E-state index is -1.36. The maximum absolute atomic E-state index is 13.3. The Balaban J connectivity index is 2.12. The van der Waals surface area contributed by atoms with Crippen LogP contribution in [-0.2, 0) is 4.79 Å². The fourth-order valence-corrected chi connectivity index (χ4v) is 1.62. The smallest absolute Gasteiger partial charge is 0.243 e. The van der Waals surface area contributed by atoms with E-state index < -0.39 is 41.3 Å². The Morgan fingerprint density at radius 2 is 2.06 bits per heavy atom. The van der Waals surface area contributed by atoms with Gasteiger partial charge in [-0.05, 0) is 0 Å². The summed E-state index contributed by atoms with van der Waals surface area (Å²) >= 11 is 0. The van der Waals surface area contributed by atoms with Gasteiger partial charge in [0.25, 0.3) is 0 Å². The molecule has 0 aromatic heterocycles. The highest BCUT2D eigenvalue weighted by molar-refractivity contribution is 5.95. The topological polar surface area (TPSA) is 79.2 Å². The Morgan fingerprint density at radius 1 is 1.33 bits per heavy atom. The van der Waals surface area contributed by atoms with Gasteiger partial charge < -0.3 is 11.1 Å². The predicted molar refractivity (Wildman–Crippen MR) is 57.6 cm³/mol. The van der Waals surface area contributed by atoms with Crippen LogP contribution in [0.2, 0.25) is 0 Å². The number of rotatable bonds is 2. The van der Waals surface area contributed by atoms with E-state index in [9.17, 15) is 18.0 Å². The van der Waals surface area contributed by atoms with Crippen molar-refractivity contribution in [1.29, 1.82) is 0 Å². The molecule has 1 aromatic rings. The van der Waals surface area contributed by atoms with Crippen LogP contribution in [0.4, 0.5) is 18.9 Å². The Bertz CT molecular complexity index is 482. The molecule has 0 aliphatic carbocycles. The van der Waals surface area contributed by atoms with Gasteiger partial charge in [0.15, 0.2) is 11.6 Å². The first kappa shape index (κ1) is 12.8. The highest BCUT2D eigenvalue weighted by atomic mass is 19.2. The summed E-state index contributed by atoms with van der Waals surface area (Å²) in [7, 11) is 0. The number of nitrogens with two attached hydrogens (primary N) is 1. The number of carbonyl (C=O) groups excluding carboxylic acids is 1. The van der Waals surface area contributed by atoms with E-state index in [2.05, 4.69) is 16.2 Å². The molecular formula is C10H11F3N4O. The van der Waals surface area contributed by atoms with Gasteiger partial charge in [0.2, 0.25) is 5.91 Å². The van der Waals surface area contributed by atoms with Crippen LogP contribution in [0.15, 0.2) is 12.1 Å². The maximum atomic E-state index is 13.3. The lowest BCUT2D eigenvalue weighted by Crippen LogP contribution is -2.41. The van der Waals surface area contributed by atoms with Gasteiger partial charge in [-0.2, -0.15) is 0 Å². The zero-order valence-corrected chi connectivity index (χ0v) is 9.14. The van der Waals surface area contributed by atoms with E-state index >= 15 is 0 Å². The summed E-state index contributed by atoms with van der Waals surface area (Å²) in [5, 5.41) is 2.10. The Kier molecular flexibility index (Phi) is 3.50. The summed E-state index contributed by atoms with van der Waals surface area (Å²) in [6.45, 7) is 0. The molecule has 5 nitrogen and oxygen atoms in total. The van der Waals surface area contributed by atoms with Crippen LogP contribution in [0, 0.1) is 17.5 Å². The van der Waals surface area contributed by atoms with Gasteiger partial charge in [-0.15, -0.1) is 0 Å². The van der Waals surface area contributed by atoms with E-state index in [4.69, 9.17) is 5.73 Å². The third kappa shape index (κ3) is 2.61. The molecule has 1 saturated heterocycles. The van der Waals surface area contributed by atoms with Crippen LogP contribution >= 0.6 is 0 Å². The Hall–Kier alpha value is -1.64. The number of anilines is 1. The number of benzene rings is 1. The summed E-state index contributed by atoms with van der Waals surface area (Å²) in [6, 6.07) is 0.417. The summed E-state index contributed by atoms with van der Waals surface area (Å²) in [5.74, 6) is -4.27. The second-order valence-electron chi connectivity index (χ2n) is 3.92. The summed E-state index contributed by atoms with van der Waals surface area (Å²) in [5.41, 5.74) is 10.1. The minimum Gasteiger partial charge on any atom is -0.322 e. The van der Waals surface area contributed by atoms with E-state index in [1.807, 2.05) is 0 Å². The first-order valence-electron chi connectivity index (χ1n) is 5.19. The van der Waals surface area contributed by atoms with Crippen LogP contribution < -0.4 is 21.9 Å². The van der Waals surface area contributed by atoms with Gasteiger partial charge in [0, 0.05) is 18.6 Å². The van der Waals surface area contributed by atoms with Crippen molar-refractivity contribution in [2.45, 2.75) is 18.6 Å². The van der Waals surface area contributed by atoms with Gasteiger partial charge in [-0.3, -0.25) is 4.79 Å². The summed E-state index contributed by atoms with van der Waals surface area (Å²) < 4.78 is 39.1. The molecule has 2 rings (SSSR count). The average Bonchev–Trinajstić information content (AvgIpc) is 2.72. The molecule has 0 spiro atoms. The molecule has 0 bridgehead atoms. The second kappa shape index (κ2) is 4.92. The van der Waals surface area contributed by atoms with Crippen molar-refractivity contribution in [2.24, 2.45) is 5.73 Å². The minimum absolute atomic E-state index is 0.283. The molecule has 2 atom stereocenters. The van der Waals surface area contributed by atoms with Crippen molar-refractivity contribution in [3.05, 3.63) is 29.6 Å². The fourth-order valence-electron chi connectivity index (χ4n) is 1.62. The quantitative estimate of drug-likeness (QED) is 0.572. The average molecular weight is 260 g/mol. The molecule has 1 heterocycles. The lowest BCUT2D eigenvalue weighted by Gasteiger charge is -2.11. The molecule has 0 radical (unpaired) electrons. The molecule has 2 unspecified atom stereocenters. The Labute approximate surface area is 101 Å². The third-order valence-corrected chi connectivity index (χ3v) is 2.50. The first-order chi connectivity index (χ1) is 8.47. The number of amides is 1. The van der Waals surface area contributed by atoms with Crippen LogP contribution in [-0.4, -0.2) is 18.1 Å². The molecule has 5 N–H and O–H groups in total.